The van der Waals surface area contributed by atoms with E-state index in [1.54, 1.807) is 18.2 Å². The van der Waals surface area contributed by atoms with E-state index in [1.165, 1.54) is 12.1 Å². The smallest absolute Gasteiger partial charge is 0.218 e. The zero-order valence-electron chi connectivity index (χ0n) is 12.7. The number of aromatic amines is 1. The Kier molecular flexibility index (Phi) is 4.73. The van der Waals surface area contributed by atoms with Crippen LogP contribution in [0.15, 0.2) is 53.6 Å². The summed E-state index contributed by atoms with van der Waals surface area (Å²) >= 11 is 0. The average molecular weight is 345 g/mol. The lowest BCUT2D eigenvalue weighted by atomic mass is 10.1. The predicted octanol–water partition coefficient (Wildman–Crippen LogP) is 2.46. The molecule has 0 saturated heterocycles. The first-order valence-electron chi connectivity index (χ1n) is 7.35. The molecule has 24 heavy (non-hydrogen) atoms. The van der Waals surface area contributed by atoms with E-state index in [2.05, 4.69) is 9.71 Å². The Morgan fingerprint density at radius 1 is 1.21 bits per heavy atom. The number of amides is 1. The van der Waals surface area contributed by atoms with Crippen LogP contribution in [0, 0.1) is 5.82 Å². The van der Waals surface area contributed by atoms with Gasteiger partial charge in [0.15, 0.2) is 0 Å². The van der Waals surface area contributed by atoms with E-state index in [-0.39, 0.29) is 18.8 Å². The summed E-state index contributed by atoms with van der Waals surface area (Å²) in [5.74, 6) is -0.727. The van der Waals surface area contributed by atoms with E-state index in [9.17, 15) is 13.4 Å². The van der Waals surface area contributed by atoms with Gasteiger partial charge in [0.05, 0.1) is 4.90 Å². The molecule has 0 spiro atoms. The maximum Gasteiger partial charge on any atom is 0.218 e. The van der Waals surface area contributed by atoms with Crippen LogP contribution in [-0.2, 0) is 15.8 Å². The van der Waals surface area contributed by atoms with Gasteiger partial charge in [0, 0.05) is 35.6 Å². The van der Waals surface area contributed by atoms with Crippen molar-refractivity contribution in [3.63, 3.8) is 0 Å². The summed E-state index contributed by atoms with van der Waals surface area (Å²) in [7, 11) is -1.40. The Hall–Kier alpha value is -2.51. The maximum atomic E-state index is 13.3. The largest absolute Gasteiger partial charge is 0.370 e. The molecule has 1 unspecified atom stereocenters. The van der Waals surface area contributed by atoms with Crippen molar-refractivity contribution in [1.29, 1.82) is 0 Å². The van der Waals surface area contributed by atoms with Crippen LogP contribution in [0.5, 0.6) is 0 Å². The molecule has 0 bridgehead atoms. The molecule has 0 aliphatic heterocycles. The number of halogens is 1. The molecule has 5 nitrogen and oxygen atoms in total. The highest BCUT2D eigenvalue weighted by Gasteiger charge is 2.09. The number of nitrogens with two attached hydrogens (primary N) is 1. The predicted molar refractivity (Wildman–Crippen MR) is 91.9 cm³/mol. The number of benzene rings is 2. The number of fused-ring (bicyclic) bond motifs is 1. The number of primary amides is 1. The van der Waals surface area contributed by atoms with Crippen LogP contribution in [0.4, 0.5) is 4.39 Å². The molecular weight excluding hydrogens is 329 g/mol. The molecule has 3 aromatic rings. The lowest BCUT2D eigenvalue weighted by Gasteiger charge is -2.05. The van der Waals surface area contributed by atoms with Crippen molar-refractivity contribution in [3.05, 3.63) is 54.5 Å². The Morgan fingerprint density at radius 2 is 1.96 bits per heavy atom. The third kappa shape index (κ3) is 3.52. The van der Waals surface area contributed by atoms with E-state index in [0.717, 1.165) is 22.0 Å². The third-order valence-corrected chi connectivity index (χ3v) is 4.79. The van der Waals surface area contributed by atoms with Crippen LogP contribution in [0.1, 0.15) is 6.42 Å². The Balaban J connectivity index is 1.78. The van der Waals surface area contributed by atoms with Crippen LogP contribution in [0.3, 0.4) is 0 Å². The highest BCUT2D eigenvalue weighted by Crippen LogP contribution is 2.29. The molecule has 0 saturated carbocycles. The second kappa shape index (κ2) is 6.94. The summed E-state index contributed by atoms with van der Waals surface area (Å²) in [5.41, 5.74) is 7.65. The topological polar surface area (TPSA) is 88.0 Å². The fraction of sp³-hybridized carbons (Fsp3) is 0.118. The number of carbonyl (C=O) groups excluding carboxylic acids is 1. The minimum atomic E-state index is -1.40. The molecule has 0 radical (unpaired) electrons. The Labute approximate surface area is 140 Å². The molecule has 0 aliphatic rings. The van der Waals surface area contributed by atoms with Gasteiger partial charge in [-0.3, -0.25) is 4.79 Å². The van der Waals surface area contributed by atoms with Crippen molar-refractivity contribution in [3.8, 4) is 11.1 Å². The van der Waals surface area contributed by atoms with Crippen LogP contribution in [0.2, 0.25) is 0 Å². The summed E-state index contributed by atoms with van der Waals surface area (Å²) in [4.78, 5) is 14.3. The SMILES string of the molecule is NC(=O)CCNS(=O)c1ccc(-c2c[nH]c3cc(F)ccc23)cc1. The van der Waals surface area contributed by atoms with Gasteiger partial charge in [-0.25, -0.2) is 13.3 Å². The molecule has 1 atom stereocenters. The first-order valence-corrected chi connectivity index (χ1v) is 8.50. The summed E-state index contributed by atoms with van der Waals surface area (Å²) in [6.07, 6.45) is 1.96. The molecule has 7 heteroatoms. The summed E-state index contributed by atoms with van der Waals surface area (Å²) in [6, 6.07) is 11.8. The van der Waals surface area contributed by atoms with Gasteiger partial charge >= 0.3 is 0 Å². The fourth-order valence-electron chi connectivity index (χ4n) is 2.45. The van der Waals surface area contributed by atoms with E-state index < -0.39 is 16.9 Å². The van der Waals surface area contributed by atoms with Gasteiger partial charge in [0.2, 0.25) is 5.91 Å². The van der Waals surface area contributed by atoms with Crippen molar-refractivity contribution in [1.82, 2.24) is 9.71 Å². The van der Waals surface area contributed by atoms with Crippen LogP contribution in [0.25, 0.3) is 22.0 Å². The van der Waals surface area contributed by atoms with Crippen molar-refractivity contribution in [2.75, 3.05) is 6.54 Å². The second-order valence-corrected chi connectivity index (χ2v) is 6.59. The number of hydrogen-bond acceptors (Lipinski definition) is 2. The molecule has 1 aromatic heterocycles. The summed E-state index contributed by atoms with van der Waals surface area (Å²) in [6.45, 7) is 0.262. The molecule has 4 N–H and O–H groups in total. The zero-order chi connectivity index (χ0) is 17.1. The first kappa shape index (κ1) is 16.4. The minimum Gasteiger partial charge on any atom is -0.370 e. The zero-order valence-corrected chi connectivity index (χ0v) is 13.5. The highest BCUT2D eigenvalue weighted by molar-refractivity contribution is 7.83. The average Bonchev–Trinajstić information content (AvgIpc) is 2.97. The van der Waals surface area contributed by atoms with E-state index in [4.69, 9.17) is 5.73 Å². The summed E-state index contributed by atoms with van der Waals surface area (Å²) in [5, 5.41) is 0.921. The van der Waals surface area contributed by atoms with E-state index >= 15 is 0 Å². The molecule has 124 valence electrons. The fourth-order valence-corrected chi connectivity index (χ4v) is 3.28. The van der Waals surface area contributed by atoms with Crippen molar-refractivity contribution < 1.29 is 13.4 Å². The van der Waals surface area contributed by atoms with Crippen molar-refractivity contribution in [2.24, 2.45) is 5.73 Å². The molecule has 2 aromatic carbocycles. The monoisotopic (exact) mass is 345 g/mol. The normalized spacial score (nSPS) is 12.4. The Bertz CT molecular complexity index is 906. The standard InChI is InChI=1S/C17H16FN3O2S/c18-12-3-6-14-15(10-20-16(14)9-12)11-1-4-13(5-2-11)24(23)21-8-7-17(19)22/h1-6,9-10,20-21H,7-8H2,(H2,19,22). The molecule has 0 fully saturated rings. The highest BCUT2D eigenvalue weighted by atomic mass is 32.2. The van der Waals surface area contributed by atoms with Crippen molar-refractivity contribution >= 4 is 27.8 Å². The second-order valence-electron chi connectivity index (χ2n) is 5.30. The molecular formula is C17H16FN3O2S. The number of aromatic nitrogens is 1. The summed E-state index contributed by atoms with van der Waals surface area (Å²) < 4.78 is 28.1. The minimum absolute atomic E-state index is 0.135. The first-order chi connectivity index (χ1) is 11.5. The van der Waals surface area contributed by atoms with Gasteiger partial charge < -0.3 is 10.7 Å². The lowest BCUT2D eigenvalue weighted by molar-refractivity contribution is -0.117. The van der Waals surface area contributed by atoms with Gasteiger partial charge in [0.25, 0.3) is 0 Å². The number of hydrogen-bond donors (Lipinski definition) is 3. The number of rotatable bonds is 6. The molecule has 3 rings (SSSR count). The third-order valence-electron chi connectivity index (χ3n) is 3.63. The Morgan fingerprint density at radius 3 is 2.67 bits per heavy atom. The number of carbonyl (C=O) groups is 1. The molecule has 0 aliphatic carbocycles. The molecule has 1 amide bonds. The van der Waals surface area contributed by atoms with Gasteiger partial charge in [-0.15, -0.1) is 0 Å². The van der Waals surface area contributed by atoms with Crippen LogP contribution >= 0.6 is 0 Å². The maximum absolute atomic E-state index is 13.3. The lowest BCUT2D eigenvalue weighted by Crippen LogP contribution is -2.23. The quantitative estimate of drug-likeness (QED) is 0.641. The van der Waals surface area contributed by atoms with Crippen molar-refractivity contribution in [2.45, 2.75) is 11.3 Å². The van der Waals surface area contributed by atoms with E-state index in [0.29, 0.717) is 4.90 Å². The van der Waals surface area contributed by atoms with Crippen LogP contribution in [-0.4, -0.2) is 21.6 Å². The van der Waals surface area contributed by atoms with Gasteiger partial charge in [-0.2, -0.15) is 0 Å². The number of nitrogens with one attached hydrogen (secondary N) is 2. The number of H-pyrrole nitrogens is 1. The van der Waals surface area contributed by atoms with E-state index in [1.807, 2.05) is 18.3 Å². The molecule has 1 heterocycles. The van der Waals surface area contributed by atoms with Gasteiger partial charge in [-0.1, -0.05) is 12.1 Å². The van der Waals surface area contributed by atoms with Gasteiger partial charge in [-0.05, 0) is 35.9 Å². The van der Waals surface area contributed by atoms with Crippen LogP contribution < -0.4 is 10.5 Å². The van der Waals surface area contributed by atoms with Gasteiger partial charge in [0.1, 0.15) is 16.8 Å².